The third-order valence-electron chi connectivity index (χ3n) is 2.95. The van der Waals surface area contributed by atoms with Crippen molar-refractivity contribution in [3.63, 3.8) is 0 Å². The molecule has 2 amide bonds. The topological polar surface area (TPSA) is 85.2 Å². The van der Waals surface area contributed by atoms with Crippen molar-refractivity contribution in [3.05, 3.63) is 35.7 Å². The zero-order chi connectivity index (χ0) is 16.3. The Hall–Kier alpha value is -2.58. The van der Waals surface area contributed by atoms with Crippen molar-refractivity contribution in [2.45, 2.75) is 19.6 Å². The SMILES string of the molecule is CCN(Cc1ccc(-c2noc(C(F)(F)F)n2)cc1)C(N)=O. The number of urea groups is 1. The van der Waals surface area contributed by atoms with E-state index in [1.165, 1.54) is 4.90 Å². The van der Waals surface area contributed by atoms with E-state index >= 15 is 0 Å². The minimum absolute atomic E-state index is 0.152. The Morgan fingerprint density at radius 2 is 1.95 bits per heavy atom. The maximum absolute atomic E-state index is 12.4. The van der Waals surface area contributed by atoms with Crippen LogP contribution in [0, 0.1) is 0 Å². The monoisotopic (exact) mass is 314 g/mol. The van der Waals surface area contributed by atoms with Gasteiger partial charge in [-0.05, 0) is 12.5 Å². The van der Waals surface area contributed by atoms with Crippen LogP contribution in [-0.4, -0.2) is 27.6 Å². The number of alkyl halides is 3. The summed E-state index contributed by atoms with van der Waals surface area (Å²) in [4.78, 5) is 15.9. The number of nitrogens with two attached hydrogens (primary N) is 1. The molecule has 9 heteroatoms. The number of carbonyl (C=O) groups excluding carboxylic acids is 1. The van der Waals surface area contributed by atoms with E-state index in [4.69, 9.17) is 5.73 Å². The lowest BCUT2D eigenvalue weighted by atomic mass is 10.1. The van der Waals surface area contributed by atoms with Crippen LogP contribution in [0.4, 0.5) is 18.0 Å². The molecule has 1 aromatic carbocycles. The summed E-state index contributed by atoms with van der Waals surface area (Å²) >= 11 is 0. The Bertz CT molecular complexity index is 652. The molecule has 1 aromatic heterocycles. The van der Waals surface area contributed by atoms with Crippen LogP contribution < -0.4 is 5.73 Å². The minimum atomic E-state index is -4.67. The van der Waals surface area contributed by atoms with Gasteiger partial charge in [0.15, 0.2) is 0 Å². The zero-order valence-electron chi connectivity index (χ0n) is 11.6. The van der Waals surface area contributed by atoms with E-state index < -0.39 is 18.1 Å². The first-order valence-corrected chi connectivity index (χ1v) is 6.36. The van der Waals surface area contributed by atoms with Gasteiger partial charge in [-0.15, -0.1) is 0 Å². The highest BCUT2D eigenvalue weighted by Crippen LogP contribution is 2.29. The van der Waals surface area contributed by atoms with Gasteiger partial charge in [0.05, 0.1) is 0 Å². The van der Waals surface area contributed by atoms with E-state index in [0.29, 0.717) is 18.7 Å². The molecule has 0 aliphatic carbocycles. The molecule has 2 aromatic rings. The molecule has 2 N–H and O–H groups in total. The number of hydrogen-bond acceptors (Lipinski definition) is 4. The Morgan fingerprint density at radius 3 is 2.41 bits per heavy atom. The number of primary amides is 1. The first-order valence-electron chi connectivity index (χ1n) is 6.36. The number of halogens is 3. The molecule has 0 bridgehead atoms. The molecule has 0 radical (unpaired) electrons. The zero-order valence-corrected chi connectivity index (χ0v) is 11.6. The molecule has 0 spiro atoms. The van der Waals surface area contributed by atoms with Crippen LogP contribution in [-0.2, 0) is 12.7 Å². The van der Waals surface area contributed by atoms with Crippen LogP contribution in [0.15, 0.2) is 28.8 Å². The highest BCUT2D eigenvalue weighted by molar-refractivity contribution is 5.72. The summed E-state index contributed by atoms with van der Waals surface area (Å²) in [6.45, 7) is 2.56. The number of amides is 2. The first kappa shape index (κ1) is 15.8. The predicted molar refractivity (Wildman–Crippen MR) is 70.4 cm³/mol. The van der Waals surface area contributed by atoms with Crippen molar-refractivity contribution in [1.82, 2.24) is 15.0 Å². The lowest BCUT2D eigenvalue weighted by molar-refractivity contribution is -0.159. The van der Waals surface area contributed by atoms with Crippen LogP contribution in [0.2, 0.25) is 0 Å². The number of rotatable bonds is 4. The highest BCUT2D eigenvalue weighted by atomic mass is 19.4. The molecule has 6 nitrogen and oxygen atoms in total. The number of nitrogens with zero attached hydrogens (tertiary/aromatic N) is 3. The third-order valence-corrected chi connectivity index (χ3v) is 2.95. The summed E-state index contributed by atoms with van der Waals surface area (Å²) in [7, 11) is 0. The minimum Gasteiger partial charge on any atom is -0.351 e. The Kier molecular flexibility index (Phi) is 4.34. The van der Waals surface area contributed by atoms with Gasteiger partial charge >= 0.3 is 18.1 Å². The lowest BCUT2D eigenvalue weighted by Crippen LogP contribution is -2.34. The molecule has 0 saturated heterocycles. The molecule has 22 heavy (non-hydrogen) atoms. The fraction of sp³-hybridized carbons (Fsp3) is 0.308. The van der Waals surface area contributed by atoms with Crippen molar-refractivity contribution in [1.29, 1.82) is 0 Å². The van der Waals surface area contributed by atoms with Crippen LogP contribution >= 0.6 is 0 Å². The average molecular weight is 314 g/mol. The predicted octanol–water partition coefficient (Wildman–Crippen LogP) is 2.66. The molecule has 2 rings (SSSR count). The quantitative estimate of drug-likeness (QED) is 0.940. The number of benzene rings is 1. The van der Waals surface area contributed by atoms with Crippen LogP contribution in [0.1, 0.15) is 18.4 Å². The fourth-order valence-electron chi connectivity index (χ4n) is 1.78. The van der Waals surface area contributed by atoms with Crippen molar-refractivity contribution in [2.24, 2.45) is 5.73 Å². The molecule has 118 valence electrons. The second-order valence-electron chi connectivity index (χ2n) is 4.47. The normalized spacial score (nSPS) is 11.5. The molecule has 0 saturated carbocycles. The summed E-state index contributed by atoms with van der Waals surface area (Å²) in [6, 6.07) is 5.87. The van der Waals surface area contributed by atoms with E-state index in [0.717, 1.165) is 5.56 Å². The Balaban J connectivity index is 2.15. The van der Waals surface area contributed by atoms with E-state index in [1.807, 2.05) is 0 Å². The Morgan fingerprint density at radius 1 is 1.32 bits per heavy atom. The van der Waals surface area contributed by atoms with Gasteiger partial charge in [-0.1, -0.05) is 29.4 Å². The van der Waals surface area contributed by atoms with Crippen LogP contribution in [0.25, 0.3) is 11.4 Å². The summed E-state index contributed by atoms with van der Waals surface area (Å²) in [5, 5.41) is 3.30. The maximum atomic E-state index is 12.4. The van der Waals surface area contributed by atoms with Crippen LogP contribution in [0.5, 0.6) is 0 Å². The summed E-state index contributed by atoms with van der Waals surface area (Å²) in [5.41, 5.74) is 6.37. The molecule has 0 aliphatic heterocycles. The standard InChI is InChI=1S/C13H13F3N4O2/c1-2-20(12(17)21)7-8-3-5-9(6-4-8)10-18-11(22-19-10)13(14,15)16/h3-6H,2,7H2,1H3,(H2,17,21). The largest absolute Gasteiger partial charge is 0.471 e. The number of aromatic nitrogens is 2. The summed E-state index contributed by atoms with van der Waals surface area (Å²) in [5.74, 6) is -1.54. The van der Waals surface area contributed by atoms with Crippen molar-refractivity contribution < 1.29 is 22.5 Å². The number of hydrogen-bond donors (Lipinski definition) is 1. The van der Waals surface area contributed by atoms with Gasteiger partial charge < -0.3 is 15.2 Å². The van der Waals surface area contributed by atoms with Gasteiger partial charge in [-0.2, -0.15) is 18.2 Å². The van der Waals surface area contributed by atoms with Crippen LogP contribution in [0.3, 0.4) is 0 Å². The second-order valence-corrected chi connectivity index (χ2v) is 4.47. The van der Waals surface area contributed by atoms with Gasteiger partial charge in [0.2, 0.25) is 5.82 Å². The van der Waals surface area contributed by atoms with Crippen molar-refractivity contribution >= 4 is 6.03 Å². The Labute approximate surface area is 123 Å². The van der Waals surface area contributed by atoms with Gasteiger partial charge in [-0.3, -0.25) is 0 Å². The summed E-state index contributed by atoms with van der Waals surface area (Å²) in [6.07, 6.45) is -4.67. The molecule has 1 heterocycles. The highest BCUT2D eigenvalue weighted by Gasteiger charge is 2.38. The molecular weight excluding hydrogens is 301 g/mol. The van der Waals surface area contributed by atoms with Crippen molar-refractivity contribution in [2.75, 3.05) is 6.54 Å². The smallest absolute Gasteiger partial charge is 0.351 e. The second kappa shape index (κ2) is 6.04. The van der Waals surface area contributed by atoms with E-state index in [-0.39, 0.29) is 5.82 Å². The molecule has 0 aliphatic rings. The van der Waals surface area contributed by atoms with Gasteiger partial charge in [0.1, 0.15) is 0 Å². The first-order chi connectivity index (χ1) is 10.3. The van der Waals surface area contributed by atoms with Gasteiger partial charge in [-0.25, -0.2) is 4.79 Å². The van der Waals surface area contributed by atoms with Crippen molar-refractivity contribution in [3.8, 4) is 11.4 Å². The summed E-state index contributed by atoms with van der Waals surface area (Å²) < 4.78 is 41.4. The number of carbonyl (C=O) groups is 1. The molecule has 0 fully saturated rings. The molecular formula is C13H13F3N4O2. The molecule has 0 unspecified atom stereocenters. The third kappa shape index (κ3) is 3.54. The van der Waals surface area contributed by atoms with E-state index in [2.05, 4.69) is 14.7 Å². The molecule has 0 atom stereocenters. The fourth-order valence-corrected chi connectivity index (χ4v) is 1.78. The lowest BCUT2D eigenvalue weighted by Gasteiger charge is -2.18. The van der Waals surface area contributed by atoms with E-state index in [9.17, 15) is 18.0 Å². The average Bonchev–Trinajstić information content (AvgIpc) is 2.95. The maximum Gasteiger partial charge on any atom is 0.471 e. The van der Waals surface area contributed by atoms with Gasteiger partial charge in [0.25, 0.3) is 0 Å². The van der Waals surface area contributed by atoms with E-state index in [1.54, 1.807) is 31.2 Å². The van der Waals surface area contributed by atoms with Gasteiger partial charge in [0, 0.05) is 18.7 Å².